The van der Waals surface area contributed by atoms with E-state index in [0.717, 1.165) is 26.1 Å². The average Bonchev–Trinajstić information content (AvgIpc) is 2.87. The van der Waals surface area contributed by atoms with E-state index in [9.17, 15) is 14.4 Å². The Bertz CT molecular complexity index is 1290. The van der Waals surface area contributed by atoms with Crippen LogP contribution < -0.4 is 15.8 Å². The molecular weight excluding hydrogens is 462 g/mol. The second kappa shape index (κ2) is 11.0. The van der Waals surface area contributed by atoms with E-state index in [1.54, 1.807) is 23.6 Å². The zero-order valence-corrected chi connectivity index (χ0v) is 21.2. The molecular formula is C26H31N5O3S. The summed E-state index contributed by atoms with van der Waals surface area (Å²) in [5.74, 6) is -0.430. The van der Waals surface area contributed by atoms with Gasteiger partial charge in [-0.15, -0.1) is 0 Å². The number of aromatic nitrogens is 2. The van der Waals surface area contributed by atoms with Gasteiger partial charge >= 0.3 is 0 Å². The molecule has 0 fully saturated rings. The van der Waals surface area contributed by atoms with Gasteiger partial charge in [-0.2, -0.15) is 0 Å². The maximum Gasteiger partial charge on any atom is 0.262 e. The number of hydrogen-bond acceptors (Lipinski definition) is 6. The lowest BCUT2D eigenvalue weighted by molar-refractivity contribution is -0.121. The number of nitrogens with zero attached hydrogens (tertiary/aromatic N) is 4. The molecule has 0 radical (unpaired) electrons. The van der Waals surface area contributed by atoms with Crippen LogP contribution in [0.2, 0.25) is 0 Å². The van der Waals surface area contributed by atoms with Gasteiger partial charge in [-0.05, 0) is 57.2 Å². The molecule has 2 aromatic carbocycles. The average molecular weight is 494 g/mol. The first-order chi connectivity index (χ1) is 16.9. The molecule has 184 valence electrons. The van der Waals surface area contributed by atoms with Crippen molar-refractivity contribution < 1.29 is 9.59 Å². The fourth-order valence-corrected chi connectivity index (χ4v) is 5.28. The maximum absolute atomic E-state index is 13.5. The number of para-hydroxylation sites is 3. The Morgan fingerprint density at radius 2 is 1.83 bits per heavy atom. The molecule has 1 N–H and O–H groups in total. The summed E-state index contributed by atoms with van der Waals surface area (Å²) in [5.41, 5.74) is 1.81. The zero-order valence-electron chi connectivity index (χ0n) is 20.4. The molecule has 1 aliphatic heterocycles. The Hall–Kier alpha value is -3.17. The van der Waals surface area contributed by atoms with Crippen molar-refractivity contribution in [2.24, 2.45) is 0 Å². The lowest BCUT2D eigenvalue weighted by Gasteiger charge is -2.31. The van der Waals surface area contributed by atoms with E-state index in [2.05, 4.69) is 24.1 Å². The first-order valence-electron chi connectivity index (χ1n) is 12.0. The Morgan fingerprint density at radius 1 is 1.11 bits per heavy atom. The van der Waals surface area contributed by atoms with Crippen molar-refractivity contribution in [3.63, 3.8) is 0 Å². The number of nitrogens with one attached hydrogen (secondary N) is 1. The highest BCUT2D eigenvalue weighted by molar-refractivity contribution is 8.00. The summed E-state index contributed by atoms with van der Waals surface area (Å²) >= 11 is 1.26. The summed E-state index contributed by atoms with van der Waals surface area (Å²) in [7, 11) is 0. The van der Waals surface area contributed by atoms with E-state index in [1.165, 1.54) is 16.7 Å². The number of hydrogen-bond donors (Lipinski definition) is 1. The fraction of sp³-hybridized carbons (Fsp3) is 0.385. The summed E-state index contributed by atoms with van der Waals surface area (Å²) in [6.07, 6.45) is 0.803. The van der Waals surface area contributed by atoms with E-state index in [4.69, 9.17) is 4.98 Å². The lowest BCUT2D eigenvalue weighted by atomic mass is 10.2. The number of rotatable bonds is 9. The SMILES string of the molecule is CCN(CC)CCCn1c(SC(C)C(=O)N2CC(=O)Nc3ccccc32)nc2ccccc2c1=O. The second-order valence-corrected chi connectivity index (χ2v) is 9.81. The summed E-state index contributed by atoms with van der Waals surface area (Å²) in [4.78, 5) is 47.6. The fourth-order valence-electron chi connectivity index (χ4n) is 4.28. The molecule has 0 spiro atoms. The smallest absolute Gasteiger partial charge is 0.262 e. The molecule has 4 rings (SSSR count). The molecule has 0 bridgehead atoms. The second-order valence-electron chi connectivity index (χ2n) is 8.50. The topological polar surface area (TPSA) is 87.5 Å². The van der Waals surface area contributed by atoms with E-state index in [1.807, 2.05) is 36.4 Å². The highest BCUT2D eigenvalue weighted by Gasteiger charge is 2.31. The molecule has 2 heterocycles. The normalized spacial score (nSPS) is 14.2. The number of benzene rings is 2. The van der Waals surface area contributed by atoms with Crippen LogP contribution in [0.25, 0.3) is 10.9 Å². The van der Waals surface area contributed by atoms with Crippen LogP contribution in [0.4, 0.5) is 11.4 Å². The van der Waals surface area contributed by atoms with Gasteiger partial charge in [-0.1, -0.05) is 49.9 Å². The van der Waals surface area contributed by atoms with Crippen LogP contribution >= 0.6 is 11.8 Å². The molecule has 0 saturated carbocycles. The van der Waals surface area contributed by atoms with Gasteiger partial charge in [-0.3, -0.25) is 23.9 Å². The first kappa shape index (κ1) is 24.9. The number of fused-ring (bicyclic) bond motifs is 2. The Kier molecular flexibility index (Phi) is 7.87. The van der Waals surface area contributed by atoms with Crippen LogP contribution in [-0.2, 0) is 16.1 Å². The minimum atomic E-state index is -0.545. The summed E-state index contributed by atoms with van der Waals surface area (Å²) in [6, 6.07) is 14.6. The van der Waals surface area contributed by atoms with Gasteiger partial charge in [0, 0.05) is 6.54 Å². The van der Waals surface area contributed by atoms with E-state index < -0.39 is 5.25 Å². The Balaban J connectivity index is 1.62. The van der Waals surface area contributed by atoms with Crippen molar-refractivity contribution in [2.75, 3.05) is 36.4 Å². The summed E-state index contributed by atoms with van der Waals surface area (Å²) in [5, 5.41) is 3.35. The third-order valence-corrected chi connectivity index (χ3v) is 7.32. The number of thioether (sulfide) groups is 1. The van der Waals surface area contributed by atoms with Crippen LogP contribution in [0.1, 0.15) is 27.2 Å². The Morgan fingerprint density at radius 3 is 2.60 bits per heavy atom. The lowest BCUT2D eigenvalue weighted by Crippen LogP contribution is -2.45. The molecule has 9 heteroatoms. The molecule has 3 aromatic rings. The largest absolute Gasteiger partial charge is 0.323 e. The van der Waals surface area contributed by atoms with Gasteiger partial charge in [-0.25, -0.2) is 4.98 Å². The molecule has 35 heavy (non-hydrogen) atoms. The van der Waals surface area contributed by atoms with Crippen LogP contribution in [0, 0.1) is 0 Å². The van der Waals surface area contributed by atoms with Crippen molar-refractivity contribution in [1.29, 1.82) is 0 Å². The number of anilines is 2. The van der Waals surface area contributed by atoms with Gasteiger partial charge in [0.2, 0.25) is 11.8 Å². The zero-order chi connectivity index (χ0) is 24.9. The van der Waals surface area contributed by atoms with E-state index >= 15 is 0 Å². The number of carbonyl (C=O) groups is 2. The number of carbonyl (C=O) groups excluding carboxylic acids is 2. The van der Waals surface area contributed by atoms with Crippen molar-refractivity contribution in [3.05, 3.63) is 58.9 Å². The number of amides is 2. The summed E-state index contributed by atoms with van der Waals surface area (Å²) < 4.78 is 1.69. The van der Waals surface area contributed by atoms with E-state index in [-0.39, 0.29) is 23.9 Å². The third-order valence-electron chi connectivity index (χ3n) is 6.24. The monoisotopic (exact) mass is 493 g/mol. The molecule has 2 amide bonds. The van der Waals surface area contributed by atoms with Crippen LogP contribution in [0.15, 0.2) is 58.5 Å². The standard InChI is InChI=1S/C26H31N5O3S/c1-4-29(5-2)15-10-16-30-25(34)19-11-6-7-12-20(19)28-26(30)35-18(3)24(33)31-17-23(32)27-21-13-8-9-14-22(21)31/h6-9,11-14,18H,4-5,10,15-17H2,1-3H3,(H,27,32). The molecule has 1 aromatic heterocycles. The minimum absolute atomic E-state index is 0.0391. The molecule has 1 atom stereocenters. The van der Waals surface area contributed by atoms with Gasteiger partial charge < -0.3 is 10.2 Å². The molecule has 8 nitrogen and oxygen atoms in total. The van der Waals surface area contributed by atoms with Crippen LogP contribution in [0.5, 0.6) is 0 Å². The maximum atomic E-state index is 13.5. The first-order valence-corrected chi connectivity index (χ1v) is 12.9. The minimum Gasteiger partial charge on any atom is -0.323 e. The van der Waals surface area contributed by atoms with Gasteiger partial charge in [0.25, 0.3) is 5.56 Å². The predicted molar refractivity (Wildman–Crippen MR) is 141 cm³/mol. The summed E-state index contributed by atoms with van der Waals surface area (Å²) in [6.45, 7) is 9.32. The van der Waals surface area contributed by atoms with Gasteiger partial charge in [0.1, 0.15) is 6.54 Å². The predicted octanol–water partition coefficient (Wildman–Crippen LogP) is 3.59. The quantitative estimate of drug-likeness (QED) is 0.362. The third kappa shape index (κ3) is 5.41. The van der Waals surface area contributed by atoms with Crippen molar-refractivity contribution in [2.45, 2.75) is 44.1 Å². The Labute approximate surface area is 209 Å². The van der Waals surface area contributed by atoms with Gasteiger partial charge in [0.15, 0.2) is 5.16 Å². The van der Waals surface area contributed by atoms with Gasteiger partial charge in [0.05, 0.1) is 27.5 Å². The molecule has 0 aliphatic carbocycles. The van der Waals surface area contributed by atoms with Crippen molar-refractivity contribution in [3.8, 4) is 0 Å². The molecule has 1 aliphatic rings. The highest BCUT2D eigenvalue weighted by Crippen LogP contribution is 2.32. The van der Waals surface area contributed by atoms with Crippen molar-refractivity contribution >= 4 is 45.9 Å². The highest BCUT2D eigenvalue weighted by atomic mass is 32.2. The van der Waals surface area contributed by atoms with Crippen LogP contribution in [-0.4, -0.2) is 57.7 Å². The van der Waals surface area contributed by atoms with Crippen molar-refractivity contribution in [1.82, 2.24) is 14.5 Å². The molecule has 1 unspecified atom stereocenters. The molecule has 0 saturated heterocycles. The van der Waals surface area contributed by atoms with E-state index in [0.29, 0.717) is 34.0 Å². The van der Waals surface area contributed by atoms with Crippen LogP contribution in [0.3, 0.4) is 0 Å².